The Labute approximate surface area is 159 Å². The van der Waals surface area contributed by atoms with Gasteiger partial charge in [-0.25, -0.2) is 9.97 Å². The highest BCUT2D eigenvalue weighted by Crippen LogP contribution is 2.45. The lowest BCUT2D eigenvalue weighted by Gasteiger charge is -2.40. The number of hydrogen-bond donors (Lipinski definition) is 1. The molecule has 3 heterocycles. The van der Waals surface area contributed by atoms with Crippen LogP contribution in [0.15, 0.2) is 23.1 Å². The van der Waals surface area contributed by atoms with E-state index < -0.39 is 0 Å². The van der Waals surface area contributed by atoms with E-state index in [-0.39, 0.29) is 16.4 Å². The number of rotatable bonds is 1. The number of nitrogens with zero attached hydrogens (tertiary/aromatic N) is 4. The molecule has 1 spiro atoms. The van der Waals surface area contributed by atoms with E-state index in [2.05, 4.69) is 41.7 Å². The molecule has 0 unspecified atom stereocenters. The van der Waals surface area contributed by atoms with E-state index in [1.54, 1.807) is 12.3 Å². The average Bonchev–Trinajstić information content (AvgIpc) is 3.00. The van der Waals surface area contributed by atoms with Crippen LogP contribution in [-0.2, 0) is 17.3 Å². The molecule has 0 saturated carbocycles. The van der Waals surface area contributed by atoms with Crippen LogP contribution in [0.1, 0.15) is 62.7 Å². The maximum absolute atomic E-state index is 12.6. The molecule has 140 valence electrons. The number of H-pyrrole nitrogens is 1. The van der Waals surface area contributed by atoms with Crippen molar-refractivity contribution in [1.82, 2.24) is 15.0 Å². The highest BCUT2D eigenvalue weighted by Gasteiger charge is 2.44. The largest absolute Gasteiger partial charge is 0.355 e. The molecule has 6 heteroatoms. The van der Waals surface area contributed by atoms with Crippen molar-refractivity contribution < 1.29 is 0 Å². The highest BCUT2D eigenvalue weighted by molar-refractivity contribution is 5.54. The number of pyridine rings is 1. The Hall–Kier alpha value is -2.68. The summed E-state index contributed by atoms with van der Waals surface area (Å²) < 4.78 is 0. The predicted octanol–water partition coefficient (Wildman–Crippen LogP) is 2.82. The summed E-state index contributed by atoms with van der Waals surface area (Å²) in [4.78, 5) is 27.2. The van der Waals surface area contributed by atoms with Crippen molar-refractivity contribution in [3.63, 3.8) is 0 Å². The maximum Gasteiger partial charge on any atom is 0.254 e. The van der Waals surface area contributed by atoms with Gasteiger partial charge in [-0.2, -0.15) is 5.26 Å². The molecule has 0 amide bonds. The van der Waals surface area contributed by atoms with E-state index in [0.717, 1.165) is 61.7 Å². The minimum Gasteiger partial charge on any atom is -0.355 e. The van der Waals surface area contributed by atoms with Crippen LogP contribution in [0.2, 0.25) is 0 Å². The third-order valence-corrected chi connectivity index (χ3v) is 6.01. The Balaban J connectivity index is 1.65. The summed E-state index contributed by atoms with van der Waals surface area (Å²) in [6.07, 6.45) is 5.38. The lowest BCUT2D eigenvalue weighted by molar-refractivity contribution is 0.320. The number of nitriles is 1. The van der Waals surface area contributed by atoms with Gasteiger partial charge in [0.05, 0.1) is 11.3 Å². The molecule has 4 rings (SSSR count). The first kappa shape index (κ1) is 17.7. The predicted molar refractivity (Wildman–Crippen MR) is 104 cm³/mol. The zero-order valence-electron chi connectivity index (χ0n) is 16.2. The molecule has 2 aromatic rings. The standard InChI is InChI=1S/C21H25N5O/c1-20(2,3)19-24-16-15(18(27)25-19)6-7-21(16)8-11-26(12-9-21)17-14(13-22)5-4-10-23-17/h4-5,10H,6-9,11-12H2,1-3H3,(H,24,25,27). The first-order valence-corrected chi connectivity index (χ1v) is 9.58. The molecular formula is C21H25N5O. The van der Waals surface area contributed by atoms with Gasteiger partial charge in [0.25, 0.3) is 5.56 Å². The summed E-state index contributed by atoms with van der Waals surface area (Å²) in [5.41, 5.74) is 2.31. The molecule has 1 fully saturated rings. The molecule has 0 aromatic carbocycles. The lowest BCUT2D eigenvalue weighted by Crippen LogP contribution is -2.43. The topological polar surface area (TPSA) is 85.7 Å². The fourth-order valence-electron chi connectivity index (χ4n) is 4.38. The Bertz CT molecular complexity index is 971. The zero-order chi connectivity index (χ0) is 19.2. The molecule has 0 radical (unpaired) electrons. The first-order valence-electron chi connectivity index (χ1n) is 9.58. The van der Waals surface area contributed by atoms with Crippen molar-refractivity contribution in [3.8, 4) is 6.07 Å². The van der Waals surface area contributed by atoms with Crippen molar-refractivity contribution in [2.75, 3.05) is 18.0 Å². The smallest absolute Gasteiger partial charge is 0.254 e. The molecule has 0 bridgehead atoms. The third kappa shape index (κ3) is 2.91. The van der Waals surface area contributed by atoms with Gasteiger partial charge in [-0.1, -0.05) is 20.8 Å². The second-order valence-electron chi connectivity index (χ2n) is 8.75. The molecular weight excluding hydrogens is 338 g/mol. The van der Waals surface area contributed by atoms with Crippen LogP contribution in [0.25, 0.3) is 0 Å². The van der Waals surface area contributed by atoms with Gasteiger partial charge in [0.2, 0.25) is 0 Å². The fourth-order valence-corrected chi connectivity index (χ4v) is 4.38. The number of hydrogen-bond acceptors (Lipinski definition) is 5. The Morgan fingerprint density at radius 1 is 1.26 bits per heavy atom. The molecule has 1 aliphatic carbocycles. The van der Waals surface area contributed by atoms with Crippen molar-refractivity contribution in [3.05, 3.63) is 51.3 Å². The van der Waals surface area contributed by atoms with Crippen LogP contribution in [0.5, 0.6) is 0 Å². The number of nitrogens with one attached hydrogen (secondary N) is 1. The first-order chi connectivity index (χ1) is 12.8. The van der Waals surface area contributed by atoms with E-state index in [0.29, 0.717) is 5.56 Å². The second-order valence-corrected chi connectivity index (χ2v) is 8.75. The molecule has 6 nitrogen and oxygen atoms in total. The van der Waals surface area contributed by atoms with E-state index in [1.165, 1.54) is 0 Å². The van der Waals surface area contributed by atoms with E-state index in [4.69, 9.17) is 4.98 Å². The van der Waals surface area contributed by atoms with Crippen molar-refractivity contribution in [2.24, 2.45) is 0 Å². The average molecular weight is 363 g/mol. The van der Waals surface area contributed by atoms with Gasteiger partial charge in [0.1, 0.15) is 17.7 Å². The van der Waals surface area contributed by atoms with Gasteiger partial charge in [-0.3, -0.25) is 4.79 Å². The van der Waals surface area contributed by atoms with Crippen LogP contribution in [-0.4, -0.2) is 28.0 Å². The Morgan fingerprint density at radius 3 is 2.67 bits per heavy atom. The zero-order valence-corrected chi connectivity index (χ0v) is 16.2. The monoisotopic (exact) mass is 363 g/mol. The number of aromatic nitrogens is 3. The maximum atomic E-state index is 12.6. The van der Waals surface area contributed by atoms with Gasteiger partial charge in [0.15, 0.2) is 0 Å². The number of anilines is 1. The minimum atomic E-state index is -0.186. The van der Waals surface area contributed by atoms with Gasteiger partial charge >= 0.3 is 0 Å². The third-order valence-electron chi connectivity index (χ3n) is 6.01. The highest BCUT2D eigenvalue weighted by atomic mass is 16.1. The second kappa shape index (κ2) is 6.19. The number of aromatic amines is 1. The molecule has 27 heavy (non-hydrogen) atoms. The molecule has 1 aliphatic heterocycles. The normalized spacial score (nSPS) is 18.4. The number of fused-ring (bicyclic) bond motifs is 2. The summed E-state index contributed by atoms with van der Waals surface area (Å²) in [6.45, 7) is 7.88. The summed E-state index contributed by atoms with van der Waals surface area (Å²) in [5, 5.41) is 9.36. The summed E-state index contributed by atoms with van der Waals surface area (Å²) in [7, 11) is 0. The Morgan fingerprint density at radius 2 is 2.00 bits per heavy atom. The van der Waals surface area contributed by atoms with Crippen molar-refractivity contribution in [1.29, 1.82) is 5.26 Å². The van der Waals surface area contributed by atoms with Gasteiger partial charge in [-0.15, -0.1) is 0 Å². The van der Waals surface area contributed by atoms with Crippen LogP contribution in [0.4, 0.5) is 5.82 Å². The van der Waals surface area contributed by atoms with Gasteiger partial charge in [0, 0.05) is 35.7 Å². The van der Waals surface area contributed by atoms with Crippen LogP contribution >= 0.6 is 0 Å². The minimum absolute atomic E-state index is 0.0261. The summed E-state index contributed by atoms with van der Waals surface area (Å²) in [5.74, 6) is 1.54. The molecule has 0 atom stereocenters. The van der Waals surface area contributed by atoms with Crippen LogP contribution in [0, 0.1) is 11.3 Å². The van der Waals surface area contributed by atoms with Crippen molar-refractivity contribution in [2.45, 2.75) is 57.3 Å². The fraction of sp³-hybridized carbons (Fsp3) is 0.524. The Kier molecular flexibility index (Phi) is 4.06. The van der Waals surface area contributed by atoms with Gasteiger partial charge < -0.3 is 9.88 Å². The quantitative estimate of drug-likeness (QED) is 0.842. The van der Waals surface area contributed by atoms with Gasteiger partial charge in [-0.05, 0) is 37.8 Å². The van der Waals surface area contributed by atoms with Crippen LogP contribution < -0.4 is 10.5 Å². The van der Waals surface area contributed by atoms with E-state index in [1.807, 2.05) is 6.07 Å². The number of piperidine rings is 1. The van der Waals surface area contributed by atoms with Crippen LogP contribution in [0.3, 0.4) is 0 Å². The van der Waals surface area contributed by atoms with E-state index >= 15 is 0 Å². The molecule has 2 aliphatic rings. The lowest BCUT2D eigenvalue weighted by atomic mass is 9.76. The van der Waals surface area contributed by atoms with E-state index in [9.17, 15) is 10.1 Å². The molecule has 2 aromatic heterocycles. The summed E-state index contributed by atoms with van der Waals surface area (Å²) >= 11 is 0. The molecule has 1 saturated heterocycles. The van der Waals surface area contributed by atoms with Crippen molar-refractivity contribution >= 4 is 5.82 Å². The molecule has 1 N–H and O–H groups in total. The SMILES string of the molecule is CC(C)(C)c1nc2c(c(=O)[nH]1)CCC21CCN(c2ncccc2C#N)CC1. The summed E-state index contributed by atoms with van der Waals surface area (Å²) in [6, 6.07) is 5.85.